The third-order valence-corrected chi connectivity index (χ3v) is 6.89. The molecular formula is C17H17BN2O8S2. The van der Waals surface area contributed by atoms with E-state index < -0.39 is 66.8 Å². The van der Waals surface area contributed by atoms with Crippen LogP contribution in [-0.2, 0) is 50.6 Å². The lowest BCUT2D eigenvalue weighted by atomic mass is 10.0. The van der Waals surface area contributed by atoms with Crippen LogP contribution < -0.4 is 5.32 Å². The van der Waals surface area contributed by atoms with Crippen LogP contribution in [-0.4, -0.2) is 66.3 Å². The van der Waals surface area contributed by atoms with Crippen molar-refractivity contribution in [3.05, 3.63) is 47.4 Å². The summed E-state index contributed by atoms with van der Waals surface area (Å²) in [7, 11) is -1.09. The molecule has 2 heterocycles. The number of carbonyl (C=O) groups is 3. The minimum atomic E-state index is -4.10. The van der Waals surface area contributed by atoms with Gasteiger partial charge in [-0.3, -0.25) is 18.7 Å². The minimum absolute atomic E-state index is 0.00446. The van der Waals surface area contributed by atoms with E-state index in [1.54, 1.807) is 30.3 Å². The Morgan fingerprint density at radius 3 is 2.47 bits per heavy atom. The summed E-state index contributed by atoms with van der Waals surface area (Å²) in [6, 6.07) is 7.63. The lowest BCUT2D eigenvalue weighted by Gasteiger charge is -2.50. The van der Waals surface area contributed by atoms with Crippen molar-refractivity contribution in [3.63, 3.8) is 0 Å². The average molecular weight is 452 g/mol. The summed E-state index contributed by atoms with van der Waals surface area (Å²) in [6.45, 7) is 1.36. The number of β-lactam (4-membered cyclic amide) rings is 1. The number of benzene rings is 1. The summed E-state index contributed by atoms with van der Waals surface area (Å²) in [6.07, 6.45) is 0.729. The van der Waals surface area contributed by atoms with Crippen molar-refractivity contribution in [1.29, 1.82) is 0 Å². The number of rotatable bonds is 6. The van der Waals surface area contributed by atoms with Gasteiger partial charge in [-0.25, -0.2) is 4.79 Å². The van der Waals surface area contributed by atoms with Gasteiger partial charge in [0.15, 0.2) is 11.5 Å². The highest BCUT2D eigenvalue weighted by Gasteiger charge is 2.60. The Balaban J connectivity index is 1.88. The molecule has 2 radical (unpaired) electrons. The van der Waals surface area contributed by atoms with Crippen molar-refractivity contribution in [3.8, 4) is 0 Å². The van der Waals surface area contributed by atoms with Crippen molar-refractivity contribution in [2.24, 2.45) is 0 Å². The number of hydrogen-bond acceptors (Lipinski definition) is 8. The van der Waals surface area contributed by atoms with Crippen LogP contribution in [0, 0.1) is 0 Å². The van der Waals surface area contributed by atoms with E-state index in [0.717, 1.165) is 11.2 Å². The Morgan fingerprint density at radius 1 is 1.27 bits per heavy atom. The first kappa shape index (κ1) is 22.0. The second-order valence-electron chi connectivity index (χ2n) is 6.68. The molecule has 158 valence electrons. The molecule has 3 rings (SSSR count). The number of amides is 2. The number of hydrogen-bond donors (Lipinski definition) is 1. The number of nitrogens with one attached hydrogen (secondary N) is 1. The molecule has 0 unspecified atom stereocenters. The van der Waals surface area contributed by atoms with Gasteiger partial charge in [-0.2, -0.15) is 8.42 Å². The van der Waals surface area contributed by atoms with Crippen LogP contribution in [0.25, 0.3) is 0 Å². The fourth-order valence-corrected chi connectivity index (χ4v) is 5.50. The second-order valence-corrected chi connectivity index (χ2v) is 10.1. The summed E-state index contributed by atoms with van der Waals surface area (Å²) in [5.74, 6) is -2.99. The first-order valence-corrected chi connectivity index (χ1v) is 11.7. The molecule has 1 aromatic carbocycles. The van der Waals surface area contributed by atoms with Gasteiger partial charge in [0, 0.05) is 0 Å². The fourth-order valence-electron chi connectivity index (χ4n) is 3.23. The number of carbonyl (C=O) groups excluding carboxylic acids is 3. The third kappa shape index (κ3) is 4.12. The lowest BCUT2D eigenvalue weighted by molar-refractivity contribution is -0.150. The average Bonchev–Trinajstić information content (AvgIpc) is 2.69. The summed E-state index contributed by atoms with van der Waals surface area (Å²) in [5, 5.41) is 0.327. The molecule has 0 aromatic heterocycles. The van der Waals surface area contributed by atoms with Gasteiger partial charge in [-0.1, -0.05) is 30.3 Å². The summed E-state index contributed by atoms with van der Waals surface area (Å²) in [4.78, 5) is 38.0. The molecule has 0 spiro atoms. The van der Waals surface area contributed by atoms with Crippen LogP contribution >= 0.6 is 0 Å². The molecule has 2 amide bonds. The molecule has 2 aliphatic rings. The SMILES string of the molecule is [B]OC(=O)C1=C(OS(C)(=O)=O)[C@H](C)[S@](=O)[C@@H]2[C@H](NC(=O)Cc3ccccc3)C(=O)N12. The van der Waals surface area contributed by atoms with E-state index in [-0.39, 0.29) is 6.42 Å². The van der Waals surface area contributed by atoms with Crippen molar-refractivity contribution in [2.75, 3.05) is 6.26 Å². The number of fused-ring (bicyclic) bond motifs is 1. The van der Waals surface area contributed by atoms with E-state index in [1.165, 1.54) is 6.92 Å². The van der Waals surface area contributed by atoms with E-state index in [2.05, 4.69) is 9.97 Å². The molecular weight excluding hydrogens is 435 g/mol. The Morgan fingerprint density at radius 2 is 1.90 bits per heavy atom. The van der Waals surface area contributed by atoms with Crippen LogP contribution in [0.5, 0.6) is 0 Å². The van der Waals surface area contributed by atoms with Crippen molar-refractivity contribution in [2.45, 2.75) is 30.0 Å². The van der Waals surface area contributed by atoms with E-state index in [4.69, 9.17) is 12.2 Å². The number of nitrogens with zero attached hydrogens (tertiary/aromatic N) is 1. The highest BCUT2D eigenvalue weighted by atomic mass is 32.2. The smallest absolute Gasteiger partial charge is 0.378 e. The molecule has 0 saturated carbocycles. The summed E-state index contributed by atoms with van der Waals surface area (Å²) < 4.78 is 45.0. The monoisotopic (exact) mass is 452 g/mol. The van der Waals surface area contributed by atoms with Gasteiger partial charge in [0.2, 0.25) is 5.91 Å². The van der Waals surface area contributed by atoms with Crippen LogP contribution in [0.1, 0.15) is 12.5 Å². The highest BCUT2D eigenvalue weighted by molar-refractivity contribution is 7.87. The Kier molecular flexibility index (Phi) is 6.04. The second kappa shape index (κ2) is 8.22. The first-order valence-electron chi connectivity index (χ1n) is 8.65. The van der Waals surface area contributed by atoms with Gasteiger partial charge in [0.05, 0.1) is 28.7 Å². The molecule has 1 N–H and O–H groups in total. The maximum atomic E-state index is 12.9. The van der Waals surface area contributed by atoms with E-state index in [1.807, 2.05) is 0 Å². The molecule has 1 saturated heterocycles. The zero-order valence-corrected chi connectivity index (χ0v) is 17.6. The molecule has 13 heteroatoms. The van der Waals surface area contributed by atoms with E-state index >= 15 is 0 Å². The normalized spacial score (nSPS) is 25.8. The topological polar surface area (TPSA) is 136 Å². The zero-order valence-electron chi connectivity index (χ0n) is 15.9. The van der Waals surface area contributed by atoms with Crippen molar-refractivity contribution in [1.82, 2.24) is 10.2 Å². The molecule has 30 heavy (non-hydrogen) atoms. The van der Waals surface area contributed by atoms with Crippen molar-refractivity contribution < 1.29 is 35.8 Å². The Hall–Kier alpha value is -2.67. The molecule has 4 atom stereocenters. The van der Waals surface area contributed by atoms with Gasteiger partial charge < -0.3 is 14.2 Å². The van der Waals surface area contributed by atoms with E-state index in [0.29, 0.717) is 5.56 Å². The quantitative estimate of drug-likeness (QED) is 0.325. The van der Waals surface area contributed by atoms with Crippen LogP contribution in [0.3, 0.4) is 0 Å². The van der Waals surface area contributed by atoms with Gasteiger partial charge in [0.25, 0.3) is 5.91 Å². The summed E-state index contributed by atoms with van der Waals surface area (Å²) >= 11 is 0. The predicted octanol–water partition coefficient (Wildman–Crippen LogP) is -1.15. The molecule has 0 bridgehead atoms. The zero-order chi connectivity index (χ0) is 22.2. The molecule has 1 aromatic rings. The first-order chi connectivity index (χ1) is 14.0. The third-order valence-electron chi connectivity index (χ3n) is 4.54. The Bertz CT molecular complexity index is 1060. The van der Waals surface area contributed by atoms with Crippen LogP contribution in [0.2, 0.25) is 0 Å². The minimum Gasteiger partial charge on any atom is -0.539 e. The van der Waals surface area contributed by atoms with Crippen LogP contribution in [0.15, 0.2) is 41.8 Å². The highest BCUT2D eigenvalue weighted by Crippen LogP contribution is 2.39. The van der Waals surface area contributed by atoms with E-state index in [9.17, 15) is 27.0 Å². The maximum Gasteiger partial charge on any atom is 0.378 e. The largest absolute Gasteiger partial charge is 0.539 e. The van der Waals surface area contributed by atoms with Gasteiger partial charge >= 0.3 is 24.1 Å². The fraction of sp³-hybridized carbons (Fsp3) is 0.353. The molecule has 2 aliphatic heterocycles. The standard InChI is InChI=1S/C17H17BN2O8S2/c1-9-14(28-30(2,25)26)13(17(23)27-18)20-15(22)12(16(20)29(9)24)19-11(21)8-10-6-4-3-5-7-10/h3-7,9,12,16H,8H2,1-2H3,(H,19,21)/t9-,12+,16+,29-/m0/s1. The summed E-state index contributed by atoms with van der Waals surface area (Å²) in [5.41, 5.74) is 0.159. The predicted molar refractivity (Wildman–Crippen MR) is 105 cm³/mol. The van der Waals surface area contributed by atoms with Crippen molar-refractivity contribution >= 4 is 46.8 Å². The van der Waals surface area contributed by atoms with Gasteiger partial charge in [-0.05, 0) is 12.5 Å². The van der Waals surface area contributed by atoms with Crippen LogP contribution in [0.4, 0.5) is 0 Å². The maximum absolute atomic E-state index is 12.9. The molecule has 10 nitrogen and oxygen atoms in total. The molecule has 0 aliphatic carbocycles. The molecule has 1 fully saturated rings. The lowest BCUT2D eigenvalue weighted by Crippen LogP contribution is -2.74. The van der Waals surface area contributed by atoms with Gasteiger partial charge in [-0.15, -0.1) is 0 Å². The Labute approximate surface area is 176 Å². The van der Waals surface area contributed by atoms with Gasteiger partial charge in [0.1, 0.15) is 11.4 Å².